The fourth-order valence-electron chi connectivity index (χ4n) is 6.55. The minimum atomic E-state index is 1.09. The Morgan fingerprint density at radius 3 is 0.714 bits per heavy atom. The molecule has 0 aliphatic heterocycles. The largest absolute Gasteiger partial charge is 0.310 e. The molecule has 232 valence electrons. The standard InChI is InChI=1S/C48H35N/c1-6-16-36(17-7-1)41-26-28-46(29-27-41)49(47-32-42(37-18-8-2-9-19-37)30-43(33-47)38-20-10-3-11-21-38)48-34-44(39-22-12-4-13-23-39)31-45(35-48)40-24-14-5-15-25-40/h1-35H. The van der Waals surface area contributed by atoms with E-state index >= 15 is 0 Å². The second kappa shape index (κ2) is 13.7. The molecule has 8 aromatic carbocycles. The Morgan fingerprint density at radius 2 is 0.429 bits per heavy atom. The van der Waals surface area contributed by atoms with Crippen LogP contribution in [-0.4, -0.2) is 0 Å². The lowest BCUT2D eigenvalue weighted by Crippen LogP contribution is -2.11. The molecule has 0 heterocycles. The van der Waals surface area contributed by atoms with Crippen LogP contribution in [0.25, 0.3) is 55.6 Å². The zero-order valence-electron chi connectivity index (χ0n) is 27.2. The molecular weight excluding hydrogens is 591 g/mol. The molecule has 0 spiro atoms. The van der Waals surface area contributed by atoms with Crippen LogP contribution in [0.2, 0.25) is 0 Å². The van der Waals surface area contributed by atoms with Gasteiger partial charge in [-0.3, -0.25) is 0 Å². The lowest BCUT2D eigenvalue weighted by molar-refractivity contribution is 1.28. The van der Waals surface area contributed by atoms with Crippen LogP contribution in [0.15, 0.2) is 212 Å². The second-order valence-electron chi connectivity index (χ2n) is 12.2. The molecule has 0 saturated carbocycles. The SMILES string of the molecule is c1ccc(-c2ccc(N(c3cc(-c4ccccc4)cc(-c4ccccc4)c3)c3cc(-c4ccccc4)cc(-c4ccccc4)c3)cc2)cc1. The summed E-state index contributed by atoms with van der Waals surface area (Å²) in [4.78, 5) is 2.41. The Kier molecular flexibility index (Phi) is 8.39. The van der Waals surface area contributed by atoms with Gasteiger partial charge < -0.3 is 4.90 Å². The van der Waals surface area contributed by atoms with Crippen molar-refractivity contribution in [2.75, 3.05) is 4.90 Å². The highest BCUT2D eigenvalue weighted by atomic mass is 15.1. The summed E-state index contributed by atoms with van der Waals surface area (Å²) in [5, 5.41) is 0. The Hall–Kier alpha value is -6.44. The van der Waals surface area contributed by atoms with Gasteiger partial charge in [0.2, 0.25) is 0 Å². The third kappa shape index (κ3) is 6.56. The van der Waals surface area contributed by atoms with E-state index in [1.165, 1.54) is 55.6 Å². The quantitative estimate of drug-likeness (QED) is 0.162. The average molecular weight is 626 g/mol. The van der Waals surface area contributed by atoms with Gasteiger partial charge in [-0.1, -0.05) is 164 Å². The number of hydrogen-bond acceptors (Lipinski definition) is 1. The van der Waals surface area contributed by atoms with Gasteiger partial charge in [0, 0.05) is 17.1 Å². The van der Waals surface area contributed by atoms with E-state index < -0.39 is 0 Å². The van der Waals surface area contributed by atoms with Crippen LogP contribution >= 0.6 is 0 Å². The predicted molar refractivity (Wildman–Crippen MR) is 208 cm³/mol. The molecule has 1 heteroatoms. The number of hydrogen-bond donors (Lipinski definition) is 0. The van der Waals surface area contributed by atoms with E-state index in [-0.39, 0.29) is 0 Å². The number of nitrogens with zero attached hydrogens (tertiary/aromatic N) is 1. The molecule has 0 amide bonds. The predicted octanol–water partition coefficient (Wildman–Crippen LogP) is 13.5. The lowest BCUT2D eigenvalue weighted by Gasteiger charge is -2.28. The van der Waals surface area contributed by atoms with Gasteiger partial charge in [0.1, 0.15) is 0 Å². The molecule has 0 aliphatic carbocycles. The Labute approximate surface area is 289 Å². The van der Waals surface area contributed by atoms with Crippen molar-refractivity contribution in [3.8, 4) is 55.6 Å². The van der Waals surface area contributed by atoms with E-state index in [0.717, 1.165) is 17.1 Å². The monoisotopic (exact) mass is 625 g/mol. The fourth-order valence-corrected chi connectivity index (χ4v) is 6.55. The minimum Gasteiger partial charge on any atom is -0.310 e. The number of rotatable bonds is 8. The molecule has 49 heavy (non-hydrogen) atoms. The normalized spacial score (nSPS) is 10.9. The summed E-state index contributed by atoms with van der Waals surface area (Å²) < 4.78 is 0. The third-order valence-corrected chi connectivity index (χ3v) is 9.01. The van der Waals surface area contributed by atoms with Gasteiger partial charge >= 0.3 is 0 Å². The summed E-state index contributed by atoms with van der Waals surface area (Å²) in [6.45, 7) is 0. The Bertz CT molecular complexity index is 2040. The van der Waals surface area contributed by atoms with Crippen molar-refractivity contribution in [1.29, 1.82) is 0 Å². The Balaban J connectivity index is 1.38. The summed E-state index contributed by atoms with van der Waals surface area (Å²) in [6, 6.07) is 76.2. The van der Waals surface area contributed by atoms with Gasteiger partial charge in [0.25, 0.3) is 0 Å². The van der Waals surface area contributed by atoms with Crippen molar-refractivity contribution < 1.29 is 0 Å². The Morgan fingerprint density at radius 1 is 0.184 bits per heavy atom. The smallest absolute Gasteiger partial charge is 0.0473 e. The van der Waals surface area contributed by atoms with Gasteiger partial charge in [-0.05, 0) is 104 Å². The first kappa shape index (κ1) is 29.9. The summed E-state index contributed by atoms with van der Waals surface area (Å²) in [5.74, 6) is 0. The van der Waals surface area contributed by atoms with Crippen molar-refractivity contribution >= 4 is 17.1 Å². The third-order valence-electron chi connectivity index (χ3n) is 9.01. The fraction of sp³-hybridized carbons (Fsp3) is 0. The van der Waals surface area contributed by atoms with Crippen molar-refractivity contribution in [2.45, 2.75) is 0 Å². The van der Waals surface area contributed by atoms with E-state index in [9.17, 15) is 0 Å². The molecule has 0 bridgehead atoms. The van der Waals surface area contributed by atoms with E-state index in [4.69, 9.17) is 0 Å². The van der Waals surface area contributed by atoms with Crippen LogP contribution in [-0.2, 0) is 0 Å². The first-order chi connectivity index (χ1) is 24.3. The molecule has 8 rings (SSSR count). The van der Waals surface area contributed by atoms with Gasteiger partial charge in [0.05, 0.1) is 0 Å². The van der Waals surface area contributed by atoms with Crippen LogP contribution in [0.5, 0.6) is 0 Å². The van der Waals surface area contributed by atoms with Gasteiger partial charge in [-0.25, -0.2) is 0 Å². The summed E-state index contributed by atoms with van der Waals surface area (Å²) in [5.41, 5.74) is 15.1. The highest BCUT2D eigenvalue weighted by Gasteiger charge is 2.18. The van der Waals surface area contributed by atoms with Crippen molar-refractivity contribution in [2.24, 2.45) is 0 Å². The van der Waals surface area contributed by atoms with Gasteiger partial charge in [-0.15, -0.1) is 0 Å². The van der Waals surface area contributed by atoms with E-state index in [0.29, 0.717) is 0 Å². The summed E-state index contributed by atoms with van der Waals surface area (Å²) in [6.07, 6.45) is 0. The number of benzene rings is 8. The highest BCUT2D eigenvalue weighted by molar-refractivity contribution is 5.89. The molecule has 0 unspecified atom stereocenters. The van der Waals surface area contributed by atoms with Gasteiger partial charge in [-0.2, -0.15) is 0 Å². The van der Waals surface area contributed by atoms with Crippen LogP contribution < -0.4 is 4.90 Å². The molecule has 0 N–H and O–H groups in total. The average Bonchev–Trinajstić information content (AvgIpc) is 3.20. The molecule has 0 saturated heterocycles. The first-order valence-corrected chi connectivity index (χ1v) is 16.8. The maximum Gasteiger partial charge on any atom is 0.0473 e. The van der Waals surface area contributed by atoms with E-state index in [1.54, 1.807) is 0 Å². The highest BCUT2D eigenvalue weighted by Crippen LogP contribution is 2.43. The topological polar surface area (TPSA) is 3.24 Å². The van der Waals surface area contributed by atoms with Gasteiger partial charge in [0.15, 0.2) is 0 Å². The van der Waals surface area contributed by atoms with Crippen molar-refractivity contribution in [3.63, 3.8) is 0 Å². The van der Waals surface area contributed by atoms with Crippen molar-refractivity contribution in [1.82, 2.24) is 0 Å². The maximum atomic E-state index is 2.41. The van der Waals surface area contributed by atoms with Crippen LogP contribution in [0.1, 0.15) is 0 Å². The van der Waals surface area contributed by atoms with Crippen LogP contribution in [0.4, 0.5) is 17.1 Å². The molecular formula is C48H35N. The molecule has 0 aromatic heterocycles. The maximum absolute atomic E-state index is 2.41. The first-order valence-electron chi connectivity index (χ1n) is 16.8. The zero-order chi connectivity index (χ0) is 32.8. The molecule has 1 nitrogen and oxygen atoms in total. The lowest BCUT2D eigenvalue weighted by atomic mass is 9.95. The van der Waals surface area contributed by atoms with Crippen molar-refractivity contribution in [3.05, 3.63) is 212 Å². The number of anilines is 3. The zero-order valence-corrected chi connectivity index (χ0v) is 27.2. The molecule has 0 radical (unpaired) electrons. The van der Waals surface area contributed by atoms with E-state index in [2.05, 4.69) is 217 Å². The molecule has 8 aromatic rings. The second-order valence-corrected chi connectivity index (χ2v) is 12.2. The van der Waals surface area contributed by atoms with E-state index in [1.807, 2.05) is 0 Å². The molecule has 0 aliphatic rings. The summed E-state index contributed by atoms with van der Waals surface area (Å²) >= 11 is 0. The van der Waals surface area contributed by atoms with Crippen LogP contribution in [0, 0.1) is 0 Å². The molecule has 0 atom stereocenters. The minimum absolute atomic E-state index is 1.09. The van der Waals surface area contributed by atoms with Crippen LogP contribution in [0.3, 0.4) is 0 Å². The molecule has 0 fully saturated rings. The summed E-state index contributed by atoms with van der Waals surface area (Å²) in [7, 11) is 0.